The summed E-state index contributed by atoms with van der Waals surface area (Å²) in [6.45, 7) is 1.89. The summed E-state index contributed by atoms with van der Waals surface area (Å²) in [5, 5.41) is 14.8. The molecule has 6 heteroatoms. The molecule has 6 nitrogen and oxygen atoms in total. The SMILES string of the molecule is CC(c1cccc([N+](=O)[O-])c1)n1nccc1N. The normalized spacial score (nSPS) is 12.3. The van der Waals surface area contributed by atoms with Gasteiger partial charge in [0.05, 0.1) is 17.2 Å². The molecule has 1 heterocycles. The Labute approximate surface area is 97.8 Å². The Bertz CT molecular complexity index is 550. The van der Waals surface area contributed by atoms with Crippen LogP contribution >= 0.6 is 0 Å². The van der Waals surface area contributed by atoms with Gasteiger partial charge in [-0.15, -0.1) is 0 Å². The Morgan fingerprint density at radius 1 is 1.47 bits per heavy atom. The fourth-order valence-electron chi connectivity index (χ4n) is 1.69. The number of non-ortho nitro benzene ring substituents is 1. The summed E-state index contributed by atoms with van der Waals surface area (Å²) in [5.41, 5.74) is 6.61. The second kappa shape index (κ2) is 4.25. The van der Waals surface area contributed by atoms with Crippen LogP contribution in [0.3, 0.4) is 0 Å². The first kappa shape index (κ1) is 11.1. The van der Waals surface area contributed by atoms with Crippen LogP contribution in [-0.2, 0) is 0 Å². The van der Waals surface area contributed by atoms with Crippen molar-refractivity contribution in [3.63, 3.8) is 0 Å². The van der Waals surface area contributed by atoms with E-state index >= 15 is 0 Å². The molecular weight excluding hydrogens is 220 g/mol. The first-order valence-corrected chi connectivity index (χ1v) is 5.13. The molecule has 0 fully saturated rings. The molecule has 17 heavy (non-hydrogen) atoms. The Hall–Kier alpha value is -2.37. The van der Waals surface area contributed by atoms with Crippen molar-refractivity contribution in [3.05, 3.63) is 52.2 Å². The molecule has 1 unspecified atom stereocenters. The van der Waals surface area contributed by atoms with Crippen molar-refractivity contribution in [3.8, 4) is 0 Å². The van der Waals surface area contributed by atoms with Gasteiger partial charge < -0.3 is 5.73 Å². The molecule has 0 bridgehead atoms. The van der Waals surface area contributed by atoms with Crippen molar-refractivity contribution in [1.29, 1.82) is 0 Å². The van der Waals surface area contributed by atoms with Gasteiger partial charge in [0, 0.05) is 12.1 Å². The molecule has 1 atom stereocenters. The highest BCUT2D eigenvalue weighted by atomic mass is 16.6. The van der Waals surface area contributed by atoms with Gasteiger partial charge in [-0.3, -0.25) is 10.1 Å². The van der Waals surface area contributed by atoms with E-state index in [0.29, 0.717) is 5.82 Å². The van der Waals surface area contributed by atoms with E-state index in [1.165, 1.54) is 12.1 Å². The molecule has 0 aliphatic heterocycles. The highest BCUT2D eigenvalue weighted by Gasteiger charge is 2.14. The quantitative estimate of drug-likeness (QED) is 0.647. The number of nitrogens with zero attached hydrogens (tertiary/aromatic N) is 3. The average Bonchev–Trinajstić information content (AvgIpc) is 2.74. The number of aromatic nitrogens is 2. The zero-order valence-corrected chi connectivity index (χ0v) is 9.28. The zero-order valence-electron chi connectivity index (χ0n) is 9.28. The van der Waals surface area contributed by atoms with Gasteiger partial charge in [0.15, 0.2) is 0 Å². The van der Waals surface area contributed by atoms with Gasteiger partial charge in [-0.25, -0.2) is 4.68 Å². The minimum Gasteiger partial charge on any atom is -0.384 e. The van der Waals surface area contributed by atoms with Crippen LogP contribution in [-0.4, -0.2) is 14.7 Å². The number of hydrogen-bond acceptors (Lipinski definition) is 4. The lowest BCUT2D eigenvalue weighted by atomic mass is 10.1. The predicted octanol–water partition coefficient (Wildman–Crippen LogP) is 1.98. The van der Waals surface area contributed by atoms with Crippen LogP contribution in [0.1, 0.15) is 18.5 Å². The highest BCUT2D eigenvalue weighted by Crippen LogP contribution is 2.23. The topological polar surface area (TPSA) is 87.0 Å². The number of anilines is 1. The lowest BCUT2D eigenvalue weighted by Crippen LogP contribution is -2.11. The highest BCUT2D eigenvalue weighted by molar-refractivity contribution is 5.37. The van der Waals surface area contributed by atoms with E-state index in [1.807, 2.05) is 13.0 Å². The molecule has 0 saturated carbocycles. The van der Waals surface area contributed by atoms with Crippen LogP contribution in [0, 0.1) is 10.1 Å². The minimum absolute atomic E-state index is 0.0695. The summed E-state index contributed by atoms with van der Waals surface area (Å²) in [7, 11) is 0. The third-order valence-corrected chi connectivity index (χ3v) is 2.63. The molecule has 0 aliphatic carbocycles. The van der Waals surface area contributed by atoms with Crippen molar-refractivity contribution >= 4 is 11.5 Å². The number of nitrogens with two attached hydrogens (primary N) is 1. The molecule has 0 saturated heterocycles. The zero-order chi connectivity index (χ0) is 12.4. The lowest BCUT2D eigenvalue weighted by molar-refractivity contribution is -0.384. The molecule has 88 valence electrons. The Kier molecular flexibility index (Phi) is 2.78. The fourth-order valence-corrected chi connectivity index (χ4v) is 1.69. The molecule has 2 N–H and O–H groups in total. The molecule has 0 spiro atoms. The molecule has 2 aromatic rings. The summed E-state index contributed by atoms with van der Waals surface area (Å²) in [4.78, 5) is 10.3. The molecule has 2 rings (SSSR count). The molecule has 0 radical (unpaired) electrons. The van der Waals surface area contributed by atoms with Crippen molar-refractivity contribution < 1.29 is 4.92 Å². The molecule has 0 aliphatic rings. The van der Waals surface area contributed by atoms with Crippen LogP contribution in [0.4, 0.5) is 11.5 Å². The van der Waals surface area contributed by atoms with Crippen molar-refractivity contribution in [2.75, 3.05) is 5.73 Å². The molecule has 0 amide bonds. The van der Waals surface area contributed by atoms with Crippen molar-refractivity contribution in [1.82, 2.24) is 9.78 Å². The van der Waals surface area contributed by atoms with Crippen LogP contribution in [0.25, 0.3) is 0 Å². The van der Waals surface area contributed by atoms with Gasteiger partial charge in [-0.1, -0.05) is 12.1 Å². The van der Waals surface area contributed by atoms with E-state index in [1.54, 1.807) is 23.0 Å². The average molecular weight is 232 g/mol. The summed E-state index contributed by atoms with van der Waals surface area (Å²) in [6, 6.07) is 8.02. The maximum Gasteiger partial charge on any atom is 0.269 e. The maximum atomic E-state index is 10.7. The first-order chi connectivity index (χ1) is 8.09. The second-order valence-corrected chi connectivity index (χ2v) is 3.73. The van der Waals surface area contributed by atoms with Crippen molar-refractivity contribution in [2.24, 2.45) is 0 Å². The minimum atomic E-state index is -0.414. The number of benzene rings is 1. The van der Waals surface area contributed by atoms with Crippen LogP contribution in [0.2, 0.25) is 0 Å². The fraction of sp³-hybridized carbons (Fsp3) is 0.182. The van der Waals surface area contributed by atoms with Gasteiger partial charge in [-0.05, 0) is 18.6 Å². The van der Waals surface area contributed by atoms with E-state index in [0.717, 1.165) is 5.56 Å². The number of rotatable bonds is 3. The Balaban J connectivity index is 2.37. The number of hydrogen-bond donors (Lipinski definition) is 1. The lowest BCUT2D eigenvalue weighted by Gasteiger charge is -2.13. The first-order valence-electron chi connectivity index (χ1n) is 5.13. The van der Waals surface area contributed by atoms with Gasteiger partial charge in [0.2, 0.25) is 0 Å². The number of nitrogen functional groups attached to an aromatic ring is 1. The Morgan fingerprint density at radius 2 is 2.24 bits per heavy atom. The van der Waals surface area contributed by atoms with Crippen LogP contribution < -0.4 is 5.73 Å². The van der Waals surface area contributed by atoms with Crippen LogP contribution in [0.5, 0.6) is 0 Å². The molecule has 1 aromatic heterocycles. The number of nitro benzene ring substituents is 1. The van der Waals surface area contributed by atoms with E-state index in [2.05, 4.69) is 5.10 Å². The van der Waals surface area contributed by atoms with Crippen molar-refractivity contribution in [2.45, 2.75) is 13.0 Å². The standard InChI is InChI=1S/C11H12N4O2/c1-8(14-11(12)5-6-13-14)9-3-2-4-10(7-9)15(16)17/h2-8H,12H2,1H3. The van der Waals surface area contributed by atoms with Gasteiger partial charge in [0.25, 0.3) is 5.69 Å². The second-order valence-electron chi connectivity index (χ2n) is 3.73. The summed E-state index contributed by atoms with van der Waals surface area (Å²) >= 11 is 0. The number of nitro groups is 1. The smallest absolute Gasteiger partial charge is 0.269 e. The molecular formula is C11H12N4O2. The largest absolute Gasteiger partial charge is 0.384 e. The van der Waals surface area contributed by atoms with E-state index < -0.39 is 4.92 Å². The third-order valence-electron chi connectivity index (χ3n) is 2.63. The maximum absolute atomic E-state index is 10.7. The van der Waals surface area contributed by atoms with E-state index in [-0.39, 0.29) is 11.7 Å². The predicted molar refractivity (Wildman–Crippen MR) is 63.5 cm³/mol. The summed E-state index contributed by atoms with van der Waals surface area (Å²) < 4.78 is 1.62. The van der Waals surface area contributed by atoms with Crippen LogP contribution in [0.15, 0.2) is 36.5 Å². The third kappa shape index (κ3) is 2.10. The van der Waals surface area contributed by atoms with Gasteiger partial charge in [0.1, 0.15) is 5.82 Å². The summed E-state index contributed by atoms with van der Waals surface area (Å²) in [5.74, 6) is 0.531. The monoisotopic (exact) mass is 232 g/mol. The summed E-state index contributed by atoms with van der Waals surface area (Å²) in [6.07, 6.45) is 1.60. The van der Waals surface area contributed by atoms with E-state index in [9.17, 15) is 10.1 Å². The van der Waals surface area contributed by atoms with Gasteiger partial charge in [-0.2, -0.15) is 5.10 Å². The van der Waals surface area contributed by atoms with Gasteiger partial charge >= 0.3 is 0 Å². The van der Waals surface area contributed by atoms with E-state index in [4.69, 9.17) is 5.73 Å². The molecule has 1 aromatic carbocycles. The Morgan fingerprint density at radius 3 is 2.82 bits per heavy atom.